The molecule has 0 aliphatic heterocycles. The number of aromatic amines is 1. The van der Waals surface area contributed by atoms with Crippen LogP contribution >= 0.6 is 0 Å². The number of ketones is 1. The molecule has 0 aliphatic rings. The van der Waals surface area contributed by atoms with E-state index in [2.05, 4.69) is 16.4 Å². The molecule has 0 amide bonds. The number of fused-ring (bicyclic) bond motifs is 1. The van der Waals surface area contributed by atoms with Crippen molar-refractivity contribution in [1.29, 1.82) is 0 Å². The lowest BCUT2D eigenvalue weighted by Crippen LogP contribution is -2.18. The number of para-hydroxylation sites is 1. The van der Waals surface area contributed by atoms with E-state index in [0.29, 0.717) is 13.0 Å². The zero-order chi connectivity index (χ0) is 11.4. The van der Waals surface area contributed by atoms with Gasteiger partial charge in [-0.05, 0) is 25.1 Å². The fraction of sp³-hybridized carbons (Fsp3) is 0.308. The molecule has 2 N–H and O–H groups in total. The van der Waals surface area contributed by atoms with Crippen LogP contribution in [0.5, 0.6) is 0 Å². The van der Waals surface area contributed by atoms with Gasteiger partial charge in [-0.25, -0.2) is 0 Å². The van der Waals surface area contributed by atoms with E-state index in [0.717, 1.165) is 11.9 Å². The summed E-state index contributed by atoms with van der Waals surface area (Å²) >= 11 is 0. The highest BCUT2D eigenvalue weighted by atomic mass is 16.1. The van der Waals surface area contributed by atoms with Crippen molar-refractivity contribution in [2.75, 3.05) is 13.6 Å². The molecule has 0 saturated heterocycles. The molecule has 0 radical (unpaired) electrons. The van der Waals surface area contributed by atoms with E-state index in [1.807, 2.05) is 24.4 Å². The van der Waals surface area contributed by atoms with Crippen LogP contribution in [0.3, 0.4) is 0 Å². The molecule has 2 aromatic rings. The van der Waals surface area contributed by atoms with Crippen molar-refractivity contribution in [3.63, 3.8) is 0 Å². The van der Waals surface area contributed by atoms with E-state index in [1.54, 1.807) is 7.05 Å². The number of Topliss-reactive ketones (excluding diaryl/α,β-unsaturated/α-hetero) is 1. The van der Waals surface area contributed by atoms with Gasteiger partial charge in [0, 0.05) is 23.5 Å². The summed E-state index contributed by atoms with van der Waals surface area (Å²) in [7, 11) is 1.80. The molecule has 0 unspecified atom stereocenters. The van der Waals surface area contributed by atoms with Crippen molar-refractivity contribution in [1.82, 2.24) is 10.3 Å². The molecule has 2 rings (SSSR count). The SMILES string of the molecule is CNCC(=O)CCc1c[nH]c2ccccc12. The van der Waals surface area contributed by atoms with Crippen LogP contribution in [-0.4, -0.2) is 24.4 Å². The van der Waals surface area contributed by atoms with Crippen molar-refractivity contribution < 1.29 is 4.79 Å². The van der Waals surface area contributed by atoms with Gasteiger partial charge in [-0.2, -0.15) is 0 Å². The molecular weight excluding hydrogens is 200 g/mol. The molecule has 0 saturated carbocycles. The van der Waals surface area contributed by atoms with Gasteiger partial charge >= 0.3 is 0 Å². The summed E-state index contributed by atoms with van der Waals surface area (Å²) in [5, 5.41) is 4.10. The largest absolute Gasteiger partial charge is 0.361 e. The third-order valence-electron chi connectivity index (χ3n) is 2.72. The van der Waals surface area contributed by atoms with Crippen molar-refractivity contribution in [2.24, 2.45) is 0 Å². The average Bonchev–Trinajstić information content (AvgIpc) is 2.70. The Balaban J connectivity index is 2.07. The number of aryl methyl sites for hydroxylation is 1. The Morgan fingerprint density at radius 1 is 1.38 bits per heavy atom. The number of likely N-dealkylation sites (N-methyl/N-ethyl adjacent to an activating group) is 1. The molecule has 1 aromatic heterocycles. The van der Waals surface area contributed by atoms with Gasteiger partial charge in [-0.1, -0.05) is 18.2 Å². The Morgan fingerprint density at radius 3 is 3.00 bits per heavy atom. The van der Waals surface area contributed by atoms with Crippen molar-refractivity contribution >= 4 is 16.7 Å². The van der Waals surface area contributed by atoms with Crippen molar-refractivity contribution in [3.05, 3.63) is 36.0 Å². The maximum atomic E-state index is 11.4. The van der Waals surface area contributed by atoms with Crippen LogP contribution in [0.4, 0.5) is 0 Å². The Kier molecular flexibility index (Phi) is 3.37. The normalized spacial score (nSPS) is 10.8. The van der Waals surface area contributed by atoms with Crippen LogP contribution in [0.2, 0.25) is 0 Å². The molecule has 84 valence electrons. The molecule has 0 bridgehead atoms. The van der Waals surface area contributed by atoms with Gasteiger partial charge in [0.15, 0.2) is 0 Å². The Hall–Kier alpha value is -1.61. The Labute approximate surface area is 94.9 Å². The second kappa shape index (κ2) is 4.94. The molecule has 0 spiro atoms. The molecular formula is C13H16N2O. The smallest absolute Gasteiger partial charge is 0.146 e. The Bertz CT molecular complexity index is 487. The third-order valence-corrected chi connectivity index (χ3v) is 2.72. The number of carbonyl (C=O) groups excluding carboxylic acids is 1. The maximum absolute atomic E-state index is 11.4. The minimum atomic E-state index is 0.257. The lowest BCUT2D eigenvalue weighted by atomic mass is 10.1. The minimum absolute atomic E-state index is 0.257. The first-order valence-electron chi connectivity index (χ1n) is 5.52. The van der Waals surface area contributed by atoms with Crippen LogP contribution in [0.15, 0.2) is 30.5 Å². The zero-order valence-corrected chi connectivity index (χ0v) is 9.42. The summed E-state index contributed by atoms with van der Waals surface area (Å²) in [6.45, 7) is 0.461. The molecule has 0 fully saturated rings. The van der Waals surface area contributed by atoms with Crippen molar-refractivity contribution in [3.8, 4) is 0 Å². The van der Waals surface area contributed by atoms with E-state index in [1.165, 1.54) is 10.9 Å². The Morgan fingerprint density at radius 2 is 2.19 bits per heavy atom. The maximum Gasteiger partial charge on any atom is 0.146 e. The number of rotatable bonds is 5. The van der Waals surface area contributed by atoms with Gasteiger partial charge < -0.3 is 10.3 Å². The molecule has 1 aromatic carbocycles. The molecule has 16 heavy (non-hydrogen) atoms. The van der Waals surface area contributed by atoms with Gasteiger partial charge in [0.05, 0.1) is 6.54 Å². The van der Waals surface area contributed by atoms with Gasteiger partial charge in [0.1, 0.15) is 5.78 Å². The van der Waals surface area contributed by atoms with E-state index >= 15 is 0 Å². The van der Waals surface area contributed by atoms with Crippen LogP contribution < -0.4 is 5.32 Å². The summed E-state index contributed by atoms with van der Waals surface area (Å²) < 4.78 is 0. The molecule has 3 heteroatoms. The van der Waals surface area contributed by atoms with E-state index in [9.17, 15) is 4.79 Å². The first-order chi connectivity index (χ1) is 7.81. The quantitative estimate of drug-likeness (QED) is 0.801. The van der Waals surface area contributed by atoms with Crippen LogP contribution in [-0.2, 0) is 11.2 Å². The number of carbonyl (C=O) groups is 1. The van der Waals surface area contributed by atoms with Crippen LogP contribution in [0.25, 0.3) is 10.9 Å². The monoisotopic (exact) mass is 216 g/mol. The predicted octanol–water partition coefficient (Wildman–Crippen LogP) is 1.89. The standard InChI is InChI=1S/C13H16N2O/c1-14-9-11(16)7-6-10-8-15-13-5-3-2-4-12(10)13/h2-5,8,14-15H,6-7,9H2,1H3. The zero-order valence-electron chi connectivity index (χ0n) is 9.42. The number of aromatic nitrogens is 1. The van der Waals surface area contributed by atoms with E-state index in [4.69, 9.17) is 0 Å². The van der Waals surface area contributed by atoms with Crippen LogP contribution in [0.1, 0.15) is 12.0 Å². The second-order valence-electron chi connectivity index (χ2n) is 3.93. The molecule has 1 heterocycles. The number of nitrogens with one attached hydrogen (secondary N) is 2. The lowest BCUT2D eigenvalue weighted by Gasteiger charge is -1.99. The van der Waals surface area contributed by atoms with Gasteiger partial charge in [-0.3, -0.25) is 4.79 Å². The fourth-order valence-corrected chi connectivity index (χ4v) is 1.90. The summed E-state index contributed by atoms with van der Waals surface area (Å²) in [6.07, 6.45) is 3.41. The first-order valence-corrected chi connectivity index (χ1v) is 5.52. The highest BCUT2D eigenvalue weighted by Crippen LogP contribution is 2.18. The third kappa shape index (κ3) is 2.31. The van der Waals surface area contributed by atoms with Gasteiger partial charge in [-0.15, -0.1) is 0 Å². The lowest BCUT2D eigenvalue weighted by molar-refractivity contribution is -0.118. The molecule has 0 aliphatic carbocycles. The van der Waals surface area contributed by atoms with Gasteiger partial charge in [0.25, 0.3) is 0 Å². The number of hydrogen-bond donors (Lipinski definition) is 2. The average molecular weight is 216 g/mol. The summed E-state index contributed by atoms with van der Waals surface area (Å²) in [4.78, 5) is 14.6. The predicted molar refractivity (Wildman–Crippen MR) is 65.6 cm³/mol. The first kappa shape index (κ1) is 10.9. The van der Waals surface area contributed by atoms with E-state index < -0.39 is 0 Å². The topological polar surface area (TPSA) is 44.9 Å². The second-order valence-corrected chi connectivity index (χ2v) is 3.93. The number of hydrogen-bond acceptors (Lipinski definition) is 2. The van der Waals surface area contributed by atoms with E-state index in [-0.39, 0.29) is 5.78 Å². The molecule has 3 nitrogen and oxygen atoms in total. The molecule has 0 atom stereocenters. The summed E-state index contributed by atoms with van der Waals surface area (Å²) in [6, 6.07) is 8.17. The van der Waals surface area contributed by atoms with Crippen molar-refractivity contribution in [2.45, 2.75) is 12.8 Å². The number of H-pyrrole nitrogens is 1. The fourth-order valence-electron chi connectivity index (χ4n) is 1.90. The highest BCUT2D eigenvalue weighted by molar-refractivity contribution is 5.85. The van der Waals surface area contributed by atoms with Gasteiger partial charge in [0.2, 0.25) is 0 Å². The van der Waals surface area contributed by atoms with Crippen LogP contribution in [0, 0.1) is 0 Å². The summed E-state index contributed by atoms with van der Waals surface area (Å²) in [5.41, 5.74) is 2.36. The number of benzene rings is 1. The minimum Gasteiger partial charge on any atom is -0.361 e. The highest BCUT2D eigenvalue weighted by Gasteiger charge is 2.05. The summed E-state index contributed by atoms with van der Waals surface area (Å²) in [5.74, 6) is 0.257.